The van der Waals surface area contributed by atoms with Crippen molar-refractivity contribution in [3.63, 3.8) is 0 Å². The number of hydrogen-bond donors (Lipinski definition) is 0. The maximum atomic E-state index is 13.6. The third kappa shape index (κ3) is 6.19. The van der Waals surface area contributed by atoms with Crippen molar-refractivity contribution in [2.24, 2.45) is 0 Å². The largest absolute Gasteiger partial charge is 0.460 e. The van der Waals surface area contributed by atoms with Gasteiger partial charge in [-0.2, -0.15) is 48.3 Å². The van der Waals surface area contributed by atoms with Crippen LogP contribution in [-0.4, -0.2) is 54.5 Å². The van der Waals surface area contributed by atoms with Crippen LogP contribution in [0.4, 0.5) is 48.3 Å². The molecule has 0 aromatic carbocycles. The Morgan fingerprint density at radius 2 is 1.34 bits per heavy atom. The molecule has 0 aromatic heterocycles. The molecule has 0 rings (SSSR count). The molecule has 4 nitrogen and oxygen atoms in total. The molecule has 0 aromatic rings. The molecule has 0 aliphatic rings. The monoisotopic (exact) mass is 454 g/mol. The number of esters is 2. The van der Waals surface area contributed by atoms with Gasteiger partial charge in [0.1, 0.15) is 12.7 Å². The Morgan fingerprint density at radius 3 is 1.69 bits per heavy atom. The van der Waals surface area contributed by atoms with E-state index in [1.54, 1.807) is 0 Å². The minimum Gasteiger partial charge on any atom is -0.458 e. The smallest absolute Gasteiger partial charge is 0.458 e. The van der Waals surface area contributed by atoms with Gasteiger partial charge in [-0.25, -0.2) is 9.59 Å². The van der Waals surface area contributed by atoms with Crippen LogP contribution >= 0.6 is 0 Å². The first kappa shape index (κ1) is 26.9. The lowest BCUT2D eigenvalue weighted by Crippen LogP contribution is -2.61. The van der Waals surface area contributed by atoms with E-state index in [-0.39, 0.29) is 6.92 Å². The fourth-order valence-corrected chi connectivity index (χ4v) is 1.50. The Labute approximate surface area is 155 Å². The molecular formula is C14H13F11O4. The topological polar surface area (TPSA) is 52.6 Å². The van der Waals surface area contributed by atoms with Gasteiger partial charge in [-0.15, -0.1) is 0 Å². The van der Waals surface area contributed by atoms with Crippen molar-refractivity contribution >= 4 is 11.9 Å². The van der Waals surface area contributed by atoms with Gasteiger partial charge >= 0.3 is 41.8 Å². The highest BCUT2D eigenvalue weighted by Crippen LogP contribution is 2.54. The van der Waals surface area contributed by atoms with Crippen LogP contribution in [0.2, 0.25) is 0 Å². The third-order valence-electron chi connectivity index (χ3n) is 3.07. The van der Waals surface area contributed by atoms with Gasteiger partial charge < -0.3 is 9.47 Å². The van der Waals surface area contributed by atoms with Crippen LogP contribution in [0, 0.1) is 0 Å². The van der Waals surface area contributed by atoms with Crippen molar-refractivity contribution in [2.75, 3.05) is 6.61 Å². The molecule has 29 heavy (non-hydrogen) atoms. The van der Waals surface area contributed by atoms with E-state index in [9.17, 15) is 57.9 Å². The lowest BCUT2D eigenvalue weighted by Gasteiger charge is -2.35. The Kier molecular flexibility index (Phi) is 7.74. The Morgan fingerprint density at radius 1 is 0.897 bits per heavy atom. The summed E-state index contributed by atoms with van der Waals surface area (Å²) in [5.41, 5.74) is -0.420. The highest BCUT2D eigenvalue weighted by Gasteiger charge is 2.81. The van der Waals surface area contributed by atoms with Gasteiger partial charge in [-0.3, -0.25) is 0 Å². The van der Waals surface area contributed by atoms with E-state index < -0.39 is 66.5 Å². The van der Waals surface area contributed by atoms with Crippen LogP contribution in [0.15, 0.2) is 12.2 Å². The number of carbonyl (C=O) groups is 2. The first-order valence-corrected chi connectivity index (χ1v) is 7.19. The Bertz CT molecular complexity index is 634. The molecule has 15 heteroatoms. The van der Waals surface area contributed by atoms with E-state index in [4.69, 9.17) is 0 Å². The van der Waals surface area contributed by atoms with Crippen LogP contribution in [0.5, 0.6) is 0 Å². The third-order valence-corrected chi connectivity index (χ3v) is 3.07. The summed E-state index contributed by atoms with van der Waals surface area (Å²) >= 11 is 0. The van der Waals surface area contributed by atoms with Gasteiger partial charge in [0.2, 0.25) is 0 Å². The highest BCUT2D eigenvalue weighted by molar-refractivity contribution is 5.86. The standard InChI is InChI=1S/C14H13F11O4/c1-6(2)8(26)28-5-7(29-9(27)10(3,15)16)4-11(17,18)12(19,20)13(21,22)14(23,24)25/h7H,1,4-5H2,2-3H3. The molecule has 170 valence electrons. The second-order valence-corrected chi connectivity index (χ2v) is 5.85. The Balaban J connectivity index is 5.80. The second kappa shape index (κ2) is 8.34. The molecule has 0 aliphatic carbocycles. The second-order valence-electron chi connectivity index (χ2n) is 5.85. The molecule has 1 unspecified atom stereocenters. The molecule has 0 saturated heterocycles. The molecule has 0 aliphatic heterocycles. The summed E-state index contributed by atoms with van der Waals surface area (Å²) < 4.78 is 149. The van der Waals surface area contributed by atoms with E-state index >= 15 is 0 Å². The number of rotatable bonds is 9. The first-order valence-electron chi connectivity index (χ1n) is 7.19. The molecule has 0 spiro atoms. The molecule has 0 saturated carbocycles. The summed E-state index contributed by atoms with van der Waals surface area (Å²) in [6.45, 7) is 2.25. The van der Waals surface area contributed by atoms with Crippen LogP contribution in [-0.2, 0) is 19.1 Å². The van der Waals surface area contributed by atoms with E-state index in [0.717, 1.165) is 6.92 Å². The van der Waals surface area contributed by atoms with Gasteiger partial charge in [0.05, 0.1) is 6.42 Å². The molecular weight excluding hydrogens is 441 g/mol. The van der Waals surface area contributed by atoms with Crippen LogP contribution < -0.4 is 0 Å². The van der Waals surface area contributed by atoms with Crippen molar-refractivity contribution in [3.05, 3.63) is 12.2 Å². The van der Waals surface area contributed by atoms with Crippen molar-refractivity contribution in [1.29, 1.82) is 0 Å². The zero-order chi connectivity index (χ0) is 23.6. The van der Waals surface area contributed by atoms with Crippen LogP contribution in [0.3, 0.4) is 0 Å². The molecule has 0 fully saturated rings. The minimum absolute atomic E-state index is 0.114. The molecule has 0 bridgehead atoms. The summed E-state index contributed by atoms with van der Waals surface area (Å²) in [6, 6.07) is 0. The van der Waals surface area contributed by atoms with E-state index in [1.165, 1.54) is 0 Å². The number of halogens is 11. The lowest BCUT2D eigenvalue weighted by atomic mass is 9.98. The van der Waals surface area contributed by atoms with Crippen molar-refractivity contribution < 1.29 is 67.4 Å². The zero-order valence-corrected chi connectivity index (χ0v) is 14.5. The quantitative estimate of drug-likeness (QED) is 0.292. The minimum atomic E-state index is -7.23. The fraction of sp³-hybridized carbons (Fsp3) is 0.714. The van der Waals surface area contributed by atoms with Crippen LogP contribution in [0.1, 0.15) is 20.3 Å². The van der Waals surface area contributed by atoms with E-state index in [1.807, 2.05) is 0 Å². The number of alkyl halides is 11. The van der Waals surface area contributed by atoms with Gasteiger partial charge in [0.15, 0.2) is 0 Å². The van der Waals surface area contributed by atoms with Crippen molar-refractivity contribution in [3.8, 4) is 0 Å². The molecule has 0 amide bonds. The summed E-state index contributed by atoms with van der Waals surface area (Å²) in [5, 5.41) is 0. The van der Waals surface area contributed by atoms with Crippen molar-refractivity contribution in [1.82, 2.24) is 0 Å². The van der Waals surface area contributed by atoms with Crippen LogP contribution in [0.25, 0.3) is 0 Å². The zero-order valence-electron chi connectivity index (χ0n) is 14.5. The lowest BCUT2D eigenvalue weighted by molar-refractivity contribution is -0.398. The molecule has 0 N–H and O–H groups in total. The number of carbonyl (C=O) groups excluding carboxylic acids is 2. The van der Waals surface area contributed by atoms with Gasteiger partial charge in [0.25, 0.3) is 0 Å². The predicted molar refractivity (Wildman–Crippen MR) is 71.8 cm³/mol. The van der Waals surface area contributed by atoms with Crippen molar-refractivity contribution in [2.45, 2.75) is 56.2 Å². The van der Waals surface area contributed by atoms with Gasteiger partial charge in [0, 0.05) is 12.5 Å². The molecule has 1 atom stereocenters. The highest BCUT2D eigenvalue weighted by atomic mass is 19.4. The summed E-state index contributed by atoms with van der Waals surface area (Å²) in [4.78, 5) is 22.2. The molecule has 0 radical (unpaired) electrons. The maximum Gasteiger partial charge on any atom is 0.460 e. The normalized spacial score (nSPS) is 14.9. The SMILES string of the molecule is C=C(C)C(=O)OCC(CC(F)(F)C(F)(F)C(F)(F)C(F)(F)F)OC(=O)C(C)(F)F. The number of ether oxygens (including phenoxy) is 2. The predicted octanol–water partition coefficient (Wildman–Crippen LogP) is 4.53. The average molecular weight is 454 g/mol. The van der Waals surface area contributed by atoms with Gasteiger partial charge in [-0.1, -0.05) is 6.58 Å². The first-order chi connectivity index (χ1) is 12.6. The summed E-state index contributed by atoms with van der Waals surface area (Å²) in [5.74, 6) is -29.0. The summed E-state index contributed by atoms with van der Waals surface area (Å²) in [7, 11) is 0. The fourth-order valence-electron chi connectivity index (χ4n) is 1.50. The summed E-state index contributed by atoms with van der Waals surface area (Å²) in [6.07, 6.45) is -12.8. The van der Waals surface area contributed by atoms with E-state index in [2.05, 4.69) is 16.1 Å². The average Bonchev–Trinajstić information content (AvgIpc) is 2.49. The number of hydrogen-bond acceptors (Lipinski definition) is 4. The van der Waals surface area contributed by atoms with E-state index in [0.29, 0.717) is 0 Å². The van der Waals surface area contributed by atoms with Gasteiger partial charge in [-0.05, 0) is 6.92 Å². The maximum absolute atomic E-state index is 13.6. The molecule has 0 heterocycles. The Hall–Kier alpha value is -2.09.